The Hall–Kier alpha value is -2.91. The van der Waals surface area contributed by atoms with Crippen LogP contribution in [0.15, 0.2) is 45.3 Å². The van der Waals surface area contributed by atoms with Crippen LogP contribution in [0.25, 0.3) is 0 Å². The average Bonchev–Trinajstić information content (AvgIpc) is 3.32. The maximum atomic E-state index is 12.3. The molecule has 14 heteroatoms. The van der Waals surface area contributed by atoms with Gasteiger partial charge in [0.1, 0.15) is 0 Å². The highest BCUT2D eigenvalue weighted by Gasteiger charge is 2.25. The predicted octanol–water partition coefficient (Wildman–Crippen LogP) is 1.86. The largest absolute Gasteiger partial charge is 0.490 e. The second-order valence-corrected chi connectivity index (χ2v) is 12.7. The molecule has 1 aromatic carbocycles. The number of aryl methyl sites for hydroxylation is 1. The van der Waals surface area contributed by atoms with Crippen LogP contribution in [-0.4, -0.2) is 116 Å². The van der Waals surface area contributed by atoms with Crippen molar-refractivity contribution in [3.05, 3.63) is 36.0 Å². The molecule has 0 saturated carbocycles. The van der Waals surface area contributed by atoms with Crippen molar-refractivity contribution in [2.24, 2.45) is 0 Å². The molecule has 1 fully saturated rings. The van der Waals surface area contributed by atoms with E-state index in [4.69, 9.17) is 19.8 Å². The molecule has 0 radical (unpaired) electrons. The first-order chi connectivity index (χ1) is 18.7. The van der Waals surface area contributed by atoms with Gasteiger partial charge in [-0.15, -0.1) is 0 Å². The van der Waals surface area contributed by atoms with Gasteiger partial charge in [0, 0.05) is 55.9 Å². The molecule has 212 valence electrons. The Labute approximate surface area is 233 Å². The third-order valence-electron chi connectivity index (χ3n) is 6.27. The maximum absolute atomic E-state index is 12.3. The molecule has 3 aromatic rings. The molecule has 0 spiro atoms. The number of sulfone groups is 1. The molecular formula is C25H36N8O4S2. The average molecular weight is 577 g/mol. The van der Waals surface area contributed by atoms with E-state index in [1.165, 1.54) is 23.9 Å². The van der Waals surface area contributed by atoms with Gasteiger partial charge in [-0.05, 0) is 57.0 Å². The first kappa shape index (κ1) is 29.1. The van der Waals surface area contributed by atoms with E-state index in [-0.39, 0.29) is 10.6 Å². The van der Waals surface area contributed by atoms with Gasteiger partial charge in [0.15, 0.2) is 32.4 Å². The Morgan fingerprint density at radius 1 is 1.15 bits per heavy atom. The number of aromatic amines is 1. The molecule has 0 amide bonds. The van der Waals surface area contributed by atoms with Gasteiger partial charge in [0.25, 0.3) is 0 Å². The molecule has 3 N–H and O–H groups in total. The van der Waals surface area contributed by atoms with Crippen LogP contribution in [0.5, 0.6) is 5.75 Å². The number of rotatable bonds is 12. The molecular weight excluding hydrogens is 540 g/mol. The fraction of sp³-hybridized carbons (Fsp3) is 0.480. The highest BCUT2D eigenvalue weighted by atomic mass is 32.2. The van der Waals surface area contributed by atoms with Crippen LogP contribution in [0.3, 0.4) is 0 Å². The number of methoxy groups -OCH3 is 1. The van der Waals surface area contributed by atoms with Crippen LogP contribution in [0.4, 0.5) is 17.5 Å². The van der Waals surface area contributed by atoms with E-state index in [2.05, 4.69) is 44.3 Å². The highest BCUT2D eigenvalue weighted by Crippen LogP contribution is 2.38. The smallest absolute Gasteiger partial charge is 0.204 e. The highest BCUT2D eigenvalue weighted by molar-refractivity contribution is 7.99. The van der Waals surface area contributed by atoms with E-state index in [9.17, 15) is 8.42 Å². The van der Waals surface area contributed by atoms with Crippen molar-refractivity contribution in [3.8, 4) is 5.75 Å². The number of H-pyrrole nitrogens is 1. The number of aliphatic hydroxyl groups excluding tert-OH is 1. The lowest BCUT2D eigenvalue weighted by Crippen LogP contribution is -2.48. The Morgan fingerprint density at radius 3 is 2.46 bits per heavy atom. The molecule has 3 heterocycles. The number of nitrogens with zero attached hydrogens (tertiary/aromatic N) is 6. The zero-order valence-electron chi connectivity index (χ0n) is 22.7. The van der Waals surface area contributed by atoms with E-state index < -0.39 is 16.4 Å². The van der Waals surface area contributed by atoms with Crippen LogP contribution < -0.4 is 15.0 Å². The van der Waals surface area contributed by atoms with Gasteiger partial charge in [-0.2, -0.15) is 5.10 Å². The third-order valence-corrected chi connectivity index (χ3v) is 8.85. The zero-order chi connectivity index (χ0) is 28.0. The van der Waals surface area contributed by atoms with Gasteiger partial charge in [-0.25, -0.2) is 18.4 Å². The molecule has 0 bridgehead atoms. The summed E-state index contributed by atoms with van der Waals surface area (Å²) in [4.78, 5) is 17.4. The van der Waals surface area contributed by atoms with Crippen molar-refractivity contribution >= 4 is 39.1 Å². The quantitative estimate of drug-likeness (QED) is 0.271. The molecule has 1 aliphatic rings. The second kappa shape index (κ2) is 13.0. The molecule has 39 heavy (non-hydrogen) atoms. The van der Waals surface area contributed by atoms with E-state index in [1.807, 2.05) is 13.0 Å². The summed E-state index contributed by atoms with van der Waals surface area (Å²) in [5, 5.41) is 20.0. The summed E-state index contributed by atoms with van der Waals surface area (Å²) >= 11 is 1.33. The molecule has 1 aliphatic heterocycles. The van der Waals surface area contributed by atoms with Gasteiger partial charge < -0.3 is 25.0 Å². The molecule has 0 atom stereocenters. The molecule has 12 nitrogen and oxygen atoms in total. The minimum atomic E-state index is -3.52. The lowest BCUT2D eigenvalue weighted by molar-refractivity contribution is 0.228. The summed E-state index contributed by atoms with van der Waals surface area (Å²) in [5.41, 5.74) is 0.908. The number of ether oxygens (including phenoxy) is 1. The van der Waals surface area contributed by atoms with Crippen LogP contribution in [-0.2, 0) is 9.84 Å². The van der Waals surface area contributed by atoms with E-state index in [0.29, 0.717) is 28.4 Å². The van der Waals surface area contributed by atoms with Gasteiger partial charge in [-0.3, -0.25) is 10.00 Å². The van der Waals surface area contributed by atoms with Crippen LogP contribution in [0.1, 0.15) is 5.69 Å². The summed E-state index contributed by atoms with van der Waals surface area (Å²) in [6, 6.07) is 8.39. The Bertz CT molecular complexity index is 1340. The van der Waals surface area contributed by atoms with Crippen LogP contribution in [0, 0.1) is 6.92 Å². The predicted molar refractivity (Wildman–Crippen MR) is 152 cm³/mol. The second-order valence-electron chi connectivity index (χ2n) is 9.52. The van der Waals surface area contributed by atoms with Crippen molar-refractivity contribution in [2.45, 2.75) is 21.9 Å². The molecule has 1 saturated heterocycles. The van der Waals surface area contributed by atoms with Gasteiger partial charge in [-0.1, -0.05) is 0 Å². The lowest BCUT2D eigenvalue weighted by Gasteiger charge is -2.36. The number of piperazine rings is 1. The van der Waals surface area contributed by atoms with E-state index in [1.54, 1.807) is 19.2 Å². The number of anilines is 3. The number of hydrogen-bond donors (Lipinski definition) is 3. The number of benzene rings is 1. The summed E-state index contributed by atoms with van der Waals surface area (Å²) < 4.78 is 30.4. The minimum absolute atomic E-state index is 0.167. The van der Waals surface area contributed by atoms with Crippen LogP contribution in [0.2, 0.25) is 0 Å². The first-order valence-corrected chi connectivity index (χ1v) is 15.1. The summed E-state index contributed by atoms with van der Waals surface area (Å²) in [5.74, 6) is 2.02. The fourth-order valence-corrected chi connectivity index (χ4v) is 5.92. The van der Waals surface area contributed by atoms with Crippen LogP contribution >= 0.6 is 11.8 Å². The Balaban J connectivity index is 1.61. The minimum Gasteiger partial charge on any atom is -0.490 e. The molecule has 0 aliphatic carbocycles. The van der Waals surface area contributed by atoms with Crippen molar-refractivity contribution in [2.75, 3.05) is 83.1 Å². The molecule has 2 aromatic heterocycles. The summed E-state index contributed by atoms with van der Waals surface area (Å²) in [6.07, 6.45) is 0. The number of hydrogen-bond acceptors (Lipinski definition) is 12. The van der Waals surface area contributed by atoms with Crippen molar-refractivity contribution in [3.63, 3.8) is 0 Å². The Kier molecular flexibility index (Phi) is 9.67. The lowest BCUT2D eigenvalue weighted by atomic mass is 10.3. The molecule has 4 rings (SSSR count). The first-order valence-electron chi connectivity index (χ1n) is 12.7. The fourth-order valence-electron chi connectivity index (χ4n) is 4.14. The maximum Gasteiger partial charge on any atom is 0.204 e. The van der Waals surface area contributed by atoms with Gasteiger partial charge >= 0.3 is 0 Å². The van der Waals surface area contributed by atoms with Crippen molar-refractivity contribution in [1.29, 1.82) is 0 Å². The normalized spacial score (nSPS) is 14.7. The van der Waals surface area contributed by atoms with Crippen molar-refractivity contribution < 1.29 is 18.3 Å². The van der Waals surface area contributed by atoms with E-state index in [0.717, 1.165) is 49.9 Å². The topological polar surface area (TPSA) is 140 Å². The number of aromatic nitrogens is 4. The SMILES string of the molecule is COc1c(Nc2cc(C)[nH]n2)nc(Sc2ccc(S(=O)(=O)CCO)cc2)nc1N1CCN(CCN(C)C)CC1. The zero-order valence-corrected chi connectivity index (χ0v) is 24.3. The van der Waals surface area contributed by atoms with E-state index >= 15 is 0 Å². The standard InChI is InChI=1S/C25H36N8O4S2/c1-18-17-21(30-29-18)26-23-22(37-4)24(33-13-11-32(12-14-33)10-9-31(2)3)28-25(27-23)38-19-5-7-20(8-6-19)39(35,36)16-15-34/h5-8,17,34H,9-16H2,1-4H3,(H2,26,27,28,29,30). The Morgan fingerprint density at radius 2 is 1.87 bits per heavy atom. The summed E-state index contributed by atoms with van der Waals surface area (Å²) in [7, 11) is 2.25. The number of aliphatic hydroxyl groups is 1. The van der Waals surface area contributed by atoms with Gasteiger partial charge in [0.2, 0.25) is 5.75 Å². The molecule has 0 unspecified atom stereocenters. The summed E-state index contributed by atoms with van der Waals surface area (Å²) in [6.45, 7) is 6.93. The van der Waals surface area contributed by atoms with Crippen molar-refractivity contribution in [1.82, 2.24) is 30.0 Å². The monoisotopic (exact) mass is 576 g/mol. The number of likely N-dealkylation sites (N-methyl/N-ethyl adjacent to an activating group) is 1. The third kappa shape index (κ3) is 7.60. The number of nitrogens with one attached hydrogen (secondary N) is 2. The van der Waals surface area contributed by atoms with Gasteiger partial charge in [0.05, 0.1) is 24.4 Å².